The number of piperidine rings is 1. The fourth-order valence-electron chi connectivity index (χ4n) is 3.45. The van der Waals surface area contributed by atoms with Gasteiger partial charge in [-0.15, -0.1) is 11.3 Å². The molecule has 1 N–H and O–H groups in total. The molecule has 5 heteroatoms. The first-order valence-corrected chi connectivity index (χ1v) is 9.21. The molecule has 0 spiro atoms. The van der Waals surface area contributed by atoms with Crippen molar-refractivity contribution in [3.63, 3.8) is 0 Å². The lowest BCUT2D eigenvalue weighted by Gasteiger charge is -2.32. The molecule has 1 saturated heterocycles. The quantitative estimate of drug-likeness (QED) is 0.927. The molecule has 1 aromatic rings. The molecule has 22 heavy (non-hydrogen) atoms. The number of hydrogen-bond acceptors (Lipinski definition) is 3. The Bertz CT molecular complexity index is 501. The zero-order valence-electron chi connectivity index (χ0n) is 12.9. The van der Waals surface area contributed by atoms with E-state index in [2.05, 4.69) is 5.32 Å². The lowest BCUT2D eigenvalue weighted by atomic mass is 9.95. The van der Waals surface area contributed by atoms with Crippen LogP contribution >= 0.6 is 11.3 Å². The summed E-state index contributed by atoms with van der Waals surface area (Å²) in [5.41, 5.74) is 0. The molecule has 0 aromatic carbocycles. The van der Waals surface area contributed by atoms with Gasteiger partial charge in [0.25, 0.3) is 0 Å². The van der Waals surface area contributed by atoms with E-state index in [9.17, 15) is 9.59 Å². The third-order valence-corrected chi connectivity index (χ3v) is 5.70. The predicted octanol–water partition coefficient (Wildman–Crippen LogP) is 2.59. The zero-order valence-corrected chi connectivity index (χ0v) is 13.7. The lowest BCUT2D eigenvalue weighted by molar-refractivity contribution is -0.135. The molecule has 4 nitrogen and oxygen atoms in total. The molecule has 2 amide bonds. The van der Waals surface area contributed by atoms with Crippen molar-refractivity contribution in [2.24, 2.45) is 5.92 Å². The summed E-state index contributed by atoms with van der Waals surface area (Å²) in [7, 11) is 0. The van der Waals surface area contributed by atoms with E-state index in [-0.39, 0.29) is 17.7 Å². The second-order valence-electron chi connectivity index (χ2n) is 6.40. The van der Waals surface area contributed by atoms with Gasteiger partial charge in [-0.05, 0) is 37.1 Å². The number of carbonyl (C=O) groups is 2. The molecule has 3 rings (SSSR count). The summed E-state index contributed by atoms with van der Waals surface area (Å²) < 4.78 is 0. The highest BCUT2D eigenvalue weighted by atomic mass is 32.1. The van der Waals surface area contributed by atoms with Crippen molar-refractivity contribution in [1.29, 1.82) is 0 Å². The molecular formula is C17H24N2O2S. The third-order valence-electron chi connectivity index (χ3n) is 4.83. The number of nitrogens with one attached hydrogen (secondary N) is 1. The Morgan fingerprint density at radius 3 is 2.55 bits per heavy atom. The number of thiophene rings is 1. The minimum Gasteiger partial charge on any atom is -0.353 e. The molecule has 1 aromatic heterocycles. The SMILES string of the molecule is O=C(NC1CCCC1)C1CCN(C(=O)Cc2cccs2)CC1. The van der Waals surface area contributed by atoms with Crippen molar-refractivity contribution in [3.8, 4) is 0 Å². The van der Waals surface area contributed by atoms with E-state index in [4.69, 9.17) is 0 Å². The summed E-state index contributed by atoms with van der Waals surface area (Å²) in [5, 5.41) is 5.19. The lowest BCUT2D eigenvalue weighted by Crippen LogP contribution is -2.45. The Kier molecular flexibility index (Phi) is 5.13. The monoisotopic (exact) mass is 320 g/mol. The van der Waals surface area contributed by atoms with Crippen LogP contribution in [-0.4, -0.2) is 35.8 Å². The topological polar surface area (TPSA) is 49.4 Å². The highest BCUT2D eigenvalue weighted by Crippen LogP contribution is 2.22. The number of likely N-dealkylation sites (tertiary alicyclic amines) is 1. The molecule has 0 atom stereocenters. The molecule has 0 unspecified atom stereocenters. The van der Waals surface area contributed by atoms with Crippen LogP contribution in [0.1, 0.15) is 43.4 Å². The molecule has 1 saturated carbocycles. The summed E-state index contributed by atoms with van der Waals surface area (Å²) in [6.45, 7) is 1.43. The molecule has 1 aliphatic heterocycles. The van der Waals surface area contributed by atoms with E-state index in [1.807, 2.05) is 22.4 Å². The van der Waals surface area contributed by atoms with Gasteiger partial charge >= 0.3 is 0 Å². The fourth-order valence-corrected chi connectivity index (χ4v) is 4.15. The van der Waals surface area contributed by atoms with E-state index in [0.717, 1.165) is 30.6 Å². The Hall–Kier alpha value is -1.36. The molecule has 0 radical (unpaired) electrons. The van der Waals surface area contributed by atoms with E-state index < -0.39 is 0 Å². The second kappa shape index (κ2) is 7.27. The largest absolute Gasteiger partial charge is 0.353 e. The van der Waals surface area contributed by atoms with Crippen LogP contribution in [0.4, 0.5) is 0 Å². The second-order valence-corrected chi connectivity index (χ2v) is 7.43. The number of hydrogen-bond donors (Lipinski definition) is 1. The minimum absolute atomic E-state index is 0.0892. The fraction of sp³-hybridized carbons (Fsp3) is 0.647. The van der Waals surface area contributed by atoms with E-state index >= 15 is 0 Å². The first kappa shape index (κ1) is 15.5. The van der Waals surface area contributed by atoms with Crippen molar-refractivity contribution in [2.45, 2.75) is 51.0 Å². The van der Waals surface area contributed by atoms with Crippen LogP contribution in [0.3, 0.4) is 0 Å². The van der Waals surface area contributed by atoms with Crippen LogP contribution in [0.5, 0.6) is 0 Å². The average Bonchev–Trinajstić information content (AvgIpc) is 3.21. The maximum Gasteiger partial charge on any atom is 0.227 e. The van der Waals surface area contributed by atoms with E-state index in [1.54, 1.807) is 11.3 Å². The van der Waals surface area contributed by atoms with Gasteiger partial charge < -0.3 is 10.2 Å². The van der Waals surface area contributed by atoms with Gasteiger partial charge in [0, 0.05) is 29.9 Å². The highest BCUT2D eigenvalue weighted by molar-refractivity contribution is 7.10. The van der Waals surface area contributed by atoms with Crippen LogP contribution in [0.15, 0.2) is 17.5 Å². The Morgan fingerprint density at radius 2 is 1.91 bits per heavy atom. The number of nitrogens with zero attached hydrogens (tertiary/aromatic N) is 1. The van der Waals surface area contributed by atoms with Crippen molar-refractivity contribution >= 4 is 23.2 Å². The van der Waals surface area contributed by atoms with Crippen LogP contribution in [0.2, 0.25) is 0 Å². The van der Waals surface area contributed by atoms with Crippen LogP contribution < -0.4 is 5.32 Å². The van der Waals surface area contributed by atoms with Crippen LogP contribution in [0.25, 0.3) is 0 Å². The van der Waals surface area contributed by atoms with Gasteiger partial charge in [-0.25, -0.2) is 0 Å². The maximum atomic E-state index is 12.3. The summed E-state index contributed by atoms with van der Waals surface area (Å²) >= 11 is 1.63. The van der Waals surface area contributed by atoms with Crippen molar-refractivity contribution in [2.75, 3.05) is 13.1 Å². The first-order chi connectivity index (χ1) is 10.7. The van der Waals surface area contributed by atoms with E-state index in [0.29, 0.717) is 25.6 Å². The van der Waals surface area contributed by atoms with Gasteiger partial charge in [0.15, 0.2) is 0 Å². The number of carbonyl (C=O) groups excluding carboxylic acids is 2. The van der Waals surface area contributed by atoms with Gasteiger partial charge in [-0.1, -0.05) is 18.9 Å². The molecule has 120 valence electrons. The summed E-state index contributed by atoms with van der Waals surface area (Å²) in [4.78, 5) is 27.6. The normalized spacial score (nSPS) is 20.3. The highest BCUT2D eigenvalue weighted by Gasteiger charge is 2.29. The summed E-state index contributed by atoms with van der Waals surface area (Å²) in [6.07, 6.45) is 6.83. The third kappa shape index (κ3) is 3.88. The summed E-state index contributed by atoms with van der Waals surface area (Å²) in [5.74, 6) is 0.487. The van der Waals surface area contributed by atoms with Crippen molar-refractivity contribution in [3.05, 3.63) is 22.4 Å². The van der Waals surface area contributed by atoms with E-state index in [1.165, 1.54) is 12.8 Å². The molecule has 2 aliphatic rings. The van der Waals surface area contributed by atoms with Crippen molar-refractivity contribution in [1.82, 2.24) is 10.2 Å². The number of rotatable bonds is 4. The summed E-state index contributed by atoms with van der Waals surface area (Å²) in [6, 6.07) is 4.38. The number of amides is 2. The van der Waals surface area contributed by atoms with Crippen LogP contribution in [-0.2, 0) is 16.0 Å². The molecule has 2 heterocycles. The predicted molar refractivity (Wildman–Crippen MR) is 87.7 cm³/mol. The van der Waals surface area contributed by atoms with Gasteiger partial charge in [0.1, 0.15) is 0 Å². The Labute approximate surface area is 135 Å². The zero-order chi connectivity index (χ0) is 15.4. The van der Waals surface area contributed by atoms with Gasteiger partial charge in [0.2, 0.25) is 11.8 Å². The first-order valence-electron chi connectivity index (χ1n) is 8.33. The molecule has 2 fully saturated rings. The van der Waals surface area contributed by atoms with Crippen molar-refractivity contribution < 1.29 is 9.59 Å². The molecular weight excluding hydrogens is 296 g/mol. The maximum absolute atomic E-state index is 12.3. The average molecular weight is 320 g/mol. The van der Waals surface area contributed by atoms with Gasteiger partial charge in [0.05, 0.1) is 6.42 Å². The Morgan fingerprint density at radius 1 is 1.18 bits per heavy atom. The Balaban J connectivity index is 1.43. The van der Waals surface area contributed by atoms with Crippen LogP contribution in [0, 0.1) is 5.92 Å². The smallest absolute Gasteiger partial charge is 0.227 e. The minimum atomic E-state index is 0.0892. The van der Waals surface area contributed by atoms with Gasteiger partial charge in [-0.2, -0.15) is 0 Å². The standard InChI is InChI=1S/C17H24N2O2S/c20-16(12-15-6-3-11-22-15)19-9-7-13(8-10-19)17(21)18-14-4-1-2-5-14/h3,6,11,13-14H,1-2,4-5,7-10,12H2,(H,18,21). The van der Waals surface area contributed by atoms with Gasteiger partial charge in [-0.3, -0.25) is 9.59 Å². The molecule has 1 aliphatic carbocycles. The molecule has 0 bridgehead atoms.